The van der Waals surface area contributed by atoms with Crippen LogP contribution in [0, 0.1) is 8.99 Å². The van der Waals surface area contributed by atoms with Crippen molar-refractivity contribution >= 4 is 22.6 Å². The molecule has 4 atom stereocenters. The monoisotopic (exact) mass is 410 g/mol. The number of aliphatic hydroxyl groups excluding tert-OH is 1. The lowest BCUT2D eigenvalue weighted by atomic mass is 10.0. The van der Waals surface area contributed by atoms with Crippen molar-refractivity contribution < 1.29 is 20.1 Å². The van der Waals surface area contributed by atoms with Crippen molar-refractivity contribution in [2.24, 2.45) is 5.41 Å². The van der Waals surface area contributed by atoms with Gasteiger partial charge >= 0.3 is 5.69 Å². The predicted molar refractivity (Wildman–Crippen MR) is 78.7 cm³/mol. The minimum Gasteiger partial charge on any atom is -0.394 e. The second-order valence-electron chi connectivity index (χ2n) is 5.96. The van der Waals surface area contributed by atoms with E-state index in [-0.39, 0.29) is 3.57 Å². The van der Waals surface area contributed by atoms with Crippen molar-refractivity contribution in [3.8, 4) is 0 Å². The number of fused-ring (bicyclic) bond motifs is 1. The van der Waals surface area contributed by atoms with E-state index in [9.17, 15) is 24.9 Å². The second kappa shape index (κ2) is 4.16. The molecule has 3 rings (SSSR count). The van der Waals surface area contributed by atoms with E-state index in [2.05, 4.69) is 4.98 Å². The van der Waals surface area contributed by atoms with Crippen LogP contribution in [0.2, 0.25) is 0 Å². The Morgan fingerprint density at radius 1 is 1.38 bits per heavy atom. The number of aromatic nitrogens is 2. The maximum Gasteiger partial charge on any atom is 0.330 e. The highest BCUT2D eigenvalue weighted by atomic mass is 127. The predicted octanol–water partition coefficient (Wildman–Crippen LogP) is -1.47. The zero-order valence-electron chi connectivity index (χ0n) is 11.3. The standard InChI is InChI=1S/C12H15IN2O6/c1-10(2)11(19)6(4-16)21-8(12(10,11)20)15-3-5(13)7(17)14-9(15)18/h3,6,8,16,19-20H,4H2,1-2H3,(H,14,17,18)/t6-,8-,11+,12-/m1/s1. The lowest BCUT2D eigenvalue weighted by molar-refractivity contribution is -0.126. The van der Waals surface area contributed by atoms with Crippen LogP contribution in [0.25, 0.3) is 0 Å². The maximum atomic E-state index is 12.0. The largest absolute Gasteiger partial charge is 0.394 e. The fourth-order valence-electron chi connectivity index (χ4n) is 3.47. The Labute approximate surface area is 132 Å². The number of nitrogens with zero attached hydrogens (tertiary/aromatic N) is 1. The number of ether oxygens (including phenoxy) is 1. The highest BCUT2D eigenvalue weighted by molar-refractivity contribution is 14.1. The topological polar surface area (TPSA) is 125 Å². The van der Waals surface area contributed by atoms with Crippen LogP contribution in [0.3, 0.4) is 0 Å². The van der Waals surface area contributed by atoms with Crippen molar-refractivity contribution in [1.29, 1.82) is 0 Å². The summed E-state index contributed by atoms with van der Waals surface area (Å²) in [7, 11) is 0. The van der Waals surface area contributed by atoms with Crippen LogP contribution < -0.4 is 11.2 Å². The molecule has 0 unspecified atom stereocenters. The quantitative estimate of drug-likeness (QED) is 0.442. The molecule has 1 saturated heterocycles. The summed E-state index contributed by atoms with van der Waals surface area (Å²) in [5.41, 5.74) is -5.62. The third-order valence-corrected chi connectivity index (χ3v) is 5.65. The Morgan fingerprint density at radius 2 is 2.00 bits per heavy atom. The SMILES string of the molecule is CC1(C)[C@]2(O)[C@H](n3cc(I)c(=O)[nH]c3=O)O[C@H](CO)[C@]12O. The molecule has 4 N–H and O–H groups in total. The Morgan fingerprint density at radius 3 is 2.52 bits per heavy atom. The molecule has 0 radical (unpaired) electrons. The van der Waals surface area contributed by atoms with Crippen LogP contribution in [0.15, 0.2) is 15.8 Å². The van der Waals surface area contributed by atoms with E-state index in [0.717, 1.165) is 4.57 Å². The number of halogens is 1. The zero-order chi connectivity index (χ0) is 15.8. The van der Waals surface area contributed by atoms with E-state index in [4.69, 9.17) is 4.74 Å². The summed E-state index contributed by atoms with van der Waals surface area (Å²) >= 11 is 1.75. The first-order chi connectivity index (χ1) is 9.62. The first-order valence-corrected chi connectivity index (χ1v) is 7.43. The van der Waals surface area contributed by atoms with E-state index < -0.39 is 46.8 Å². The van der Waals surface area contributed by atoms with Crippen molar-refractivity contribution in [3.05, 3.63) is 30.6 Å². The van der Waals surface area contributed by atoms with Gasteiger partial charge < -0.3 is 20.1 Å². The smallest absolute Gasteiger partial charge is 0.330 e. The van der Waals surface area contributed by atoms with Crippen LogP contribution in [0.1, 0.15) is 20.1 Å². The van der Waals surface area contributed by atoms with E-state index in [1.54, 1.807) is 36.4 Å². The summed E-state index contributed by atoms with van der Waals surface area (Å²) in [5.74, 6) is 0. The minimum atomic E-state index is -1.72. The average molecular weight is 410 g/mol. The van der Waals surface area contributed by atoms with Gasteiger partial charge in [-0.2, -0.15) is 0 Å². The number of hydrogen-bond acceptors (Lipinski definition) is 6. The average Bonchev–Trinajstić information content (AvgIpc) is 2.65. The summed E-state index contributed by atoms with van der Waals surface area (Å²) in [6, 6.07) is 0. The second-order valence-corrected chi connectivity index (χ2v) is 7.12. The van der Waals surface area contributed by atoms with Gasteiger partial charge in [0, 0.05) is 11.6 Å². The van der Waals surface area contributed by atoms with Gasteiger partial charge in [0.25, 0.3) is 5.56 Å². The summed E-state index contributed by atoms with van der Waals surface area (Å²) in [6.07, 6.45) is -0.939. The van der Waals surface area contributed by atoms with Gasteiger partial charge in [-0.05, 0) is 22.6 Å². The molecule has 1 aromatic rings. The van der Waals surface area contributed by atoms with Crippen molar-refractivity contribution in [1.82, 2.24) is 9.55 Å². The summed E-state index contributed by atoms with van der Waals surface area (Å²) in [4.78, 5) is 25.5. The number of rotatable bonds is 2. The Bertz CT molecular complexity index is 727. The van der Waals surface area contributed by atoms with Crippen LogP contribution in [-0.2, 0) is 4.74 Å². The molecule has 8 nitrogen and oxygen atoms in total. The number of nitrogens with one attached hydrogen (secondary N) is 1. The van der Waals surface area contributed by atoms with E-state index in [1.165, 1.54) is 6.20 Å². The molecule has 2 fully saturated rings. The van der Waals surface area contributed by atoms with Crippen molar-refractivity contribution in [2.75, 3.05) is 6.61 Å². The molecule has 0 aromatic carbocycles. The number of aliphatic hydroxyl groups is 3. The van der Waals surface area contributed by atoms with Crippen molar-refractivity contribution in [2.45, 2.75) is 37.4 Å². The molecule has 0 bridgehead atoms. The van der Waals surface area contributed by atoms with Gasteiger partial charge in [-0.15, -0.1) is 0 Å². The molecule has 1 aliphatic heterocycles. The Kier molecular flexibility index (Phi) is 3.00. The van der Waals surface area contributed by atoms with Gasteiger partial charge in [0.1, 0.15) is 17.3 Å². The molecule has 21 heavy (non-hydrogen) atoms. The summed E-state index contributed by atoms with van der Waals surface area (Å²) in [5, 5.41) is 30.8. The minimum absolute atomic E-state index is 0.244. The van der Waals surface area contributed by atoms with Crippen LogP contribution >= 0.6 is 22.6 Å². The summed E-state index contributed by atoms with van der Waals surface area (Å²) in [6.45, 7) is 2.77. The third-order valence-electron chi connectivity index (χ3n) is 4.88. The van der Waals surface area contributed by atoms with Gasteiger partial charge in [-0.3, -0.25) is 14.3 Å². The van der Waals surface area contributed by atoms with Gasteiger partial charge in [0.05, 0.1) is 10.2 Å². The molecule has 116 valence electrons. The first-order valence-electron chi connectivity index (χ1n) is 6.35. The highest BCUT2D eigenvalue weighted by Gasteiger charge is 2.92. The normalized spacial score (nSPS) is 40.1. The zero-order valence-corrected chi connectivity index (χ0v) is 13.5. The molecule has 2 aliphatic rings. The van der Waals surface area contributed by atoms with Crippen molar-refractivity contribution in [3.63, 3.8) is 0 Å². The van der Waals surface area contributed by atoms with E-state index in [0.29, 0.717) is 0 Å². The third kappa shape index (κ3) is 1.48. The molecule has 1 saturated carbocycles. The lowest BCUT2D eigenvalue weighted by Gasteiger charge is -2.27. The molecule has 0 amide bonds. The van der Waals surface area contributed by atoms with Gasteiger partial charge in [-0.25, -0.2) is 4.79 Å². The lowest BCUT2D eigenvalue weighted by Crippen LogP contribution is -2.41. The Balaban J connectivity index is 2.16. The van der Waals surface area contributed by atoms with Crippen LogP contribution in [0.5, 0.6) is 0 Å². The molecule has 1 aliphatic carbocycles. The molecular weight excluding hydrogens is 395 g/mol. The molecule has 9 heteroatoms. The molecule has 1 aromatic heterocycles. The van der Waals surface area contributed by atoms with E-state index in [1.807, 2.05) is 0 Å². The van der Waals surface area contributed by atoms with Gasteiger partial charge in [-0.1, -0.05) is 13.8 Å². The fourth-order valence-corrected chi connectivity index (χ4v) is 3.91. The van der Waals surface area contributed by atoms with E-state index >= 15 is 0 Å². The number of H-pyrrole nitrogens is 1. The van der Waals surface area contributed by atoms with Gasteiger partial charge in [0.2, 0.25) is 0 Å². The number of aromatic amines is 1. The van der Waals surface area contributed by atoms with Crippen LogP contribution in [0.4, 0.5) is 0 Å². The Hall–Kier alpha value is -0.750. The fraction of sp³-hybridized carbons (Fsp3) is 0.667. The number of hydrogen-bond donors (Lipinski definition) is 4. The van der Waals surface area contributed by atoms with Crippen LogP contribution in [-0.4, -0.2) is 48.8 Å². The van der Waals surface area contributed by atoms with Gasteiger partial charge in [0.15, 0.2) is 6.23 Å². The molecule has 2 heterocycles. The first kappa shape index (κ1) is 15.2. The highest BCUT2D eigenvalue weighted by Crippen LogP contribution is 2.75. The maximum absolute atomic E-state index is 12.0. The molecular formula is C12H15IN2O6. The summed E-state index contributed by atoms with van der Waals surface area (Å²) < 4.78 is 6.75. The molecule has 0 spiro atoms.